The molecule has 0 amide bonds. The molecule has 0 aromatic heterocycles. The van der Waals surface area contributed by atoms with Crippen molar-refractivity contribution < 1.29 is 23.5 Å². The number of aliphatic hydroxyl groups excluding tert-OH is 1. The summed E-state index contributed by atoms with van der Waals surface area (Å²) < 4.78 is 18.7. The van der Waals surface area contributed by atoms with Crippen LogP contribution < -0.4 is 0 Å². The third kappa shape index (κ3) is 8.22. The van der Waals surface area contributed by atoms with Crippen LogP contribution in [-0.4, -0.2) is 52.6 Å². The van der Waals surface area contributed by atoms with E-state index < -0.39 is 22.7 Å². The van der Waals surface area contributed by atoms with Gasteiger partial charge in [-0.3, -0.25) is 4.79 Å². The first-order valence-corrected chi connectivity index (χ1v) is 17.0. The molecule has 0 radical (unpaired) electrons. The molecule has 1 saturated heterocycles. The minimum Gasteiger partial charge on any atom is -0.458 e. The van der Waals surface area contributed by atoms with Crippen LogP contribution in [0.1, 0.15) is 67.7 Å². The second-order valence-electron chi connectivity index (χ2n) is 11.9. The van der Waals surface area contributed by atoms with E-state index in [1.807, 2.05) is 13.0 Å². The zero-order valence-electron chi connectivity index (χ0n) is 21.2. The maximum atomic E-state index is 11.6. The molecule has 5 nitrogen and oxygen atoms in total. The Bertz CT molecular complexity index is 614. The second-order valence-corrected chi connectivity index (χ2v) is 21.5. The average molecular weight is 459 g/mol. The van der Waals surface area contributed by atoms with Gasteiger partial charge in [0.05, 0.1) is 25.2 Å². The number of aliphatic hydroxyl groups is 1. The van der Waals surface area contributed by atoms with Crippen molar-refractivity contribution in [2.45, 2.75) is 122 Å². The maximum Gasteiger partial charge on any atom is 0.309 e. The number of esters is 1. The highest BCUT2D eigenvalue weighted by Gasteiger charge is 2.41. The van der Waals surface area contributed by atoms with Gasteiger partial charge in [-0.05, 0) is 55.7 Å². The highest BCUT2D eigenvalue weighted by molar-refractivity contribution is 6.74. The summed E-state index contributed by atoms with van der Waals surface area (Å²) in [5, 5.41) is 10.1. The lowest BCUT2D eigenvalue weighted by molar-refractivity contribution is -0.156. The summed E-state index contributed by atoms with van der Waals surface area (Å²) in [5.74, 6) is -0.335. The molecule has 0 unspecified atom stereocenters. The van der Waals surface area contributed by atoms with E-state index in [2.05, 4.69) is 67.7 Å². The highest BCUT2D eigenvalue weighted by Crippen LogP contribution is 2.39. The number of carbonyl (C=O) groups excluding carboxylic acids is 1. The van der Waals surface area contributed by atoms with E-state index in [4.69, 9.17) is 13.6 Å². The predicted octanol–water partition coefficient (Wildman–Crippen LogP) is 5.80. The molecule has 3 atom stereocenters. The van der Waals surface area contributed by atoms with Gasteiger partial charge in [0.1, 0.15) is 6.10 Å². The fourth-order valence-corrected chi connectivity index (χ4v) is 5.28. The van der Waals surface area contributed by atoms with Gasteiger partial charge in [0.15, 0.2) is 16.6 Å². The van der Waals surface area contributed by atoms with Crippen LogP contribution in [-0.2, 0) is 18.4 Å². The predicted molar refractivity (Wildman–Crippen MR) is 129 cm³/mol. The smallest absolute Gasteiger partial charge is 0.309 e. The molecule has 1 aliphatic rings. The Kier molecular flexibility index (Phi) is 9.17. The van der Waals surface area contributed by atoms with E-state index in [0.29, 0.717) is 13.0 Å². The van der Waals surface area contributed by atoms with E-state index in [-0.39, 0.29) is 34.7 Å². The quantitative estimate of drug-likeness (QED) is 0.283. The normalized spacial score (nSPS) is 23.3. The Morgan fingerprint density at radius 2 is 1.67 bits per heavy atom. The van der Waals surface area contributed by atoms with Crippen molar-refractivity contribution in [1.82, 2.24) is 0 Å². The van der Waals surface area contributed by atoms with Crippen LogP contribution in [0.5, 0.6) is 0 Å². The summed E-state index contributed by atoms with van der Waals surface area (Å²) in [5.41, 5.74) is 1.10. The molecule has 176 valence electrons. The summed E-state index contributed by atoms with van der Waals surface area (Å²) in [6.45, 7) is 25.2. The van der Waals surface area contributed by atoms with Gasteiger partial charge in [-0.25, -0.2) is 0 Å². The summed E-state index contributed by atoms with van der Waals surface area (Å²) in [6.07, 6.45) is 2.20. The van der Waals surface area contributed by atoms with Crippen molar-refractivity contribution in [1.29, 1.82) is 0 Å². The maximum absolute atomic E-state index is 11.6. The zero-order chi connectivity index (χ0) is 23.5. The fraction of sp³-hybridized carbons (Fsp3) is 0.870. The van der Waals surface area contributed by atoms with Gasteiger partial charge in [0.2, 0.25) is 0 Å². The van der Waals surface area contributed by atoms with Crippen molar-refractivity contribution in [3.05, 3.63) is 11.6 Å². The molecule has 0 aliphatic carbocycles. The zero-order valence-corrected chi connectivity index (χ0v) is 23.2. The van der Waals surface area contributed by atoms with Gasteiger partial charge in [-0.2, -0.15) is 0 Å². The Morgan fingerprint density at radius 3 is 2.13 bits per heavy atom. The van der Waals surface area contributed by atoms with Crippen LogP contribution in [0.2, 0.25) is 36.3 Å². The van der Waals surface area contributed by atoms with Crippen LogP contribution in [0.3, 0.4) is 0 Å². The minimum absolute atomic E-state index is 0.0412. The molecule has 0 bridgehead atoms. The summed E-state index contributed by atoms with van der Waals surface area (Å²) in [6, 6.07) is 0. The fourth-order valence-electron chi connectivity index (χ4n) is 2.90. The van der Waals surface area contributed by atoms with Crippen molar-refractivity contribution >= 4 is 22.6 Å². The molecule has 0 saturated carbocycles. The van der Waals surface area contributed by atoms with Crippen LogP contribution in [0.15, 0.2) is 11.6 Å². The van der Waals surface area contributed by atoms with Gasteiger partial charge in [-0.15, -0.1) is 0 Å². The minimum atomic E-state index is -1.97. The Morgan fingerprint density at radius 1 is 1.13 bits per heavy atom. The third-order valence-electron chi connectivity index (χ3n) is 6.91. The van der Waals surface area contributed by atoms with Crippen molar-refractivity contribution in [2.24, 2.45) is 0 Å². The number of hydrogen-bond acceptors (Lipinski definition) is 5. The van der Waals surface area contributed by atoms with Crippen molar-refractivity contribution in [2.75, 3.05) is 6.61 Å². The van der Waals surface area contributed by atoms with Crippen molar-refractivity contribution in [3.63, 3.8) is 0 Å². The molecule has 1 rings (SSSR count). The lowest BCUT2D eigenvalue weighted by Gasteiger charge is -2.41. The van der Waals surface area contributed by atoms with Crippen LogP contribution >= 0.6 is 0 Å². The van der Waals surface area contributed by atoms with Gasteiger partial charge >= 0.3 is 5.97 Å². The molecule has 7 heteroatoms. The highest BCUT2D eigenvalue weighted by atomic mass is 28.4. The molecule has 0 aromatic carbocycles. The van der Waals surface area contributed by atoms with Gasteiger partial charge in [0, 0.05) is 6.42 Å². The Balaban J connectivity index is 2.96. The number of rotatable bonds is 8. The van der Waals surface area contributed by atoms with E-state index in [1.54, 1.807) is 0 Å². The van der Waals surface area contributed by atoms with E-state index in [0.717, 1.165) is 12.0 Å². The lowest BCUT2D eigenvalue weighted by Crippen LogP contribution is -2.48. The molecular weight excluding hydrogens is 412 g/mol. The number of hydrogen-bond donors (Lipinski definition) is 1. The molecule has 1 N–H and O–H groups in total. The molecule has 30 heavy (non-hydrogen) atoms. The topological polar surface area (TPSA) is 65.0 Å². The average Bonchev–Trinajstić information content (AvgIpc) is 2.48. The molecule has 1 fully saturated rings. The second kappa shape index (κ2) is 9.98. The molecule has 0 spiro atoms. The summed E-state index contributed by atoms with van der Waals surface area (Å²) in [4.78, 5) is 11.6. The summed E-state index contributed by atoms with van der Waals surface area (Å²) >= 11 is 0. The standard InChI is InChI=1S/C23H46O5Si2/c1-17(12-19-14-18(24)15-21(25)27-19)13-20(28-30(10,11)23(5,6)7)16-26-29(8,9)22(2,3)4/h12,18-20,24H,13-16H2,1-11H3/b17-12+/t18-,19-,20+/m1/s1. The number of carbonyl (C=O) groups is 1. The van der Waals surface area contributed by atoms with Gasteiger partial charge < -0.3 is 18.7 Å². The number of cyclic esters (lactones) is 1. The molecule has 1 aliphatic heterocycles. The first-order valence-electron chi connectivity index (χ1n) is 11.2. The van der Waals surface area contributed by atoms with Crippen molar-refractivity contribution in [3.8, 4) is 0 Å². The summed E-state index contributed by atoms with van der Waals surface area (Å²) in [7, 11) is -3.86. The first-order chi connectivity index (χ1) is 13.3. The third-order valence-corrected chi connectivity index (χ3v) is 15.9. The lowest BCUT2D eigenvalue weighted by atomic mass is 10.0. The van der Waals surface area contributed by atoms with Gasteiger partial charge in [-0.1, -0.05) is 47.1 Å². The monoisotopic (exact) mass is 458 g/mol. The van der Waals surface area contributed by atoms with Crippen LogP contribution in [0.25, 0.3) is 0 Å². The Hall–Kier alpha value is -0.476. The number of ether oxygens (including phenoxy) is 1. The van der Waals surface area contributed by atoms with Gasteiger partial charge in [0.25, 0.3) is 0 Å². The first kappa shape index (κ1) is 27.6. The molecular formula is C23H46O5Si2. The SMILES string of the molecule is C/C(=C\[C@@H]1C[C@@H](O)CC(=O)O1)C[C@@H](CO[Si](C)(C)C(C)(C)C)O[Si](C)(C)C(C)(C)C. The van der Waals surface area contributed by atoms with E-state index >= 15 is 0 Å². The Labute approximate surface area is 186 Å². The van der Waals surface area contributed by atoms with E-state index in [1.165, 1.54) is 0 Å². The van der Waals surface area contributed by atoms with Crippen LogP contribution in [0.4, 0.5) is 0 Å². The molecule has 0 aromatic rings. The van der Waals surface area contributed by atoms with E-state index in [9.17, 15) is 9.90 Å². The largest absolute Gasteiger partial charge is 0.458 e. The van der Waals surface area contributed by atoms with Crippen LogP contribution in [0, 0.1) is 0 Å². The molecule has 1 heterocycles.